The molecule has 1 aliphatic heterocycles. The lowest BCUT2D eigenvalue weighted by Crippen LogP contribution is -2.59. The topological polar surface area (TPSA) is 85.2 Å². The molecule has 1 aromatic rings. The van der Waals surface area contributed by atoms with Crippen LogP contribution in [0.15, 0.2) is 18.2 Å². The first-order valence-electron chi connectivity index (χ1n) is 11.2. The summed E-state index contributed by atoms with van der Waals surface area (Å²) in [7, 11) is 0. The molecule has 2 N–H and O–H groups in total. The van der Waals surface area contributed by atoms with Crippen molar-refractivity contribution in [3.05, 3.63) is 29.6 Å². The Balaban J connectivity index is 1.37. The molecule has 4 fully saturated rings. The molecule has 2 bridgehead atoms. The molecule has 3 saturated carbocycles. The van der Waals surface area contributed by atoms with E-state index in [-0.39, 0.29) is 31.0 Å². The van der Waals surface area contributed by atoms with E-state index < -0.39 is 46.8 Å². The zero-order valence-corrected chi connectivity index (χ0v) is 18.4. The monoisotopic (exact) mass is 484 g/mol. The number of nitriles is 1. The molecule has 3 aliphatic carbocycles. The fraction of sp³-hybridized carbons (Fsp3) is 0.609. The summed E-state index contributed by atoms with van der Waals surface area (Å²) in [6.07, 6.45) is -3.07. The number of nitrogens with zero attached hydrogens (tertiary/aromatic N) is 2. The molecule has 2 atom stereocenters. The first kappa shape index (κ1) is 24.4. The first-order valence-corrected chi connectivity index (χ1v) is 11.2. The van der Waals surface area contributed by atoms with E-state index in [1.807, 2.05) is 6.07 Å². The maximum absolute atomic E-state index is 13.6. The van der Waals surface area contributed by atoms with Gasteiger partial charge in [-0.2, -0.15) is 18.4 Å². The highest BCUT2D eigenvalue weighted by Crippen LogP contribution is 2.53. The van der Waals surface area contributed by atoms with E-state index in [9.17, 15) is 31.5 Å². The number of carbonyl (C=O) groups is 2. The third-order valence-electron chi connectivity index (χ3n) is 7.60. The van der Waals surface area contributed by atoms with Crippen molar-refractivity contribution in [1.29, 1.82) is 5.26 Å². The molecule has 0 spiro atoms. The smallest absolute Gasteiger partial charge is 0.325 e. The van der Waals surface area contributed by atoms with Gasteiger partial charge in [-0.25, -0.2) is 8.78 Å². The van der Waals surface area contributed by atoms with Gasteiger partial charge in [0.05, 0.1) is 30.4 Å². The maximum Gasteiger partial charge on any atom is 0.418 e. The van der Waals surface area contributed by atoms with Crippen LogP contribution in [0.25, 0.3) is 0 Å². The predicted octanol–water partition coefficient (Wildman–Crippen LogP) is 3.93. The average molecular weight is 484 g/mol. The van der Waals surface area contributed by atoms with Crippen LogP contribution in [0.5, 0.6) is 0 Å². The van der Waals surface area contributed by atoms with Crippen molar-refractivity contribution in [2.45, 2.75) is 68.9 Å². The van der Waals surface area contributed by atoms with E-state index in [1.54, 1.807) is 0 Å². The van der Waals surface area contributed by atoms with Gasteiger partial charge in [-0.05, 0) is 56.7 Å². The highest BCUT2D eigenvalue weighted by Gasteiger charge is 2.52. The Hall–Kier alpha value is -2.74. The molecule has 11 heteroatoms. The van der Waals surface area contributed by atoms with E-state index in [1.165, 1.54) is 4.90 Å². The molecule has 1 unspecified atom stereocenters. The molecule has 34 heavy (non-hydrogen) atoms. The molecule has 5 rings (SSSR count). The fourth-order valence-corrected chi connectivity index (χ4v) is 5.45. The van der Waals surface area contributed by atoms with Crippen molar-refractivity contribution in [2.75, 3.05) is 18.4 Å². The number of alkyl halides is 4. The van der Waals surface area contributed by atoms with E-state index >= 15 is 0 Å². The Morgan fingerprint density at radius 3 is 2.38 bits per heavy atom. The van der Waals surface area contributed by atoms with Crippen molar-refractivity contribution in [3.63, 3.8) is 0 Å². The Labute approximate surface area is 193 Å². The zero-order chi connectivity index (χ0) is 24.7. The Morgan fingerprint density at radius 1 is 1.15 bits per heavy atom. The van der Waals surface area contributed by atoms with Gasteiger partial charge in [0.1, 0.15) is 18.0 Å². The zero-order valence-electron chi connectivity index (χ0n) is 18.4. The lowest BCUT2D eigenvalue weighted by atomic mass is 9.57. The summed E-state index contributed by atoms with van der Waals surface area (Å²) in [5.74, 6) is -1.91. The first-order chi connectivity index (χ1) is 16.0. The second kappa shape index (κ2) is 8.80. The molecular formula is C23H25F5N4O2. The van der Waals surface area contributed by atoms with Crippen LogP contribution in [0.1, 0.15) is 50.5 Å². The lowest BCUT2D eigenvalue weighted by Gasteiger charge is -2.53. The van der Waals surface area contributed by atoms with Gasteiger partial charge in [-0.1, -0.05) is 0 Å². The molecule has 0 radical (unpaired) electrons. The third-order valence-corrected chi connectivity index (χ3v) is 7.60. The molecule has 184 valence electrons. The standard InChI is InChI=1S/C23H25F5N4O2/c24-14-1-2-18(17(10-14)23(26,27)28)31-20(34)21-3-6-22(7-4-21,8-5-21)30-12-19(33)32-13-15(25)9-16(32)11-29/h1-2,10,15-16,30H,3-9,12-13H2,(H,31,34)/t15-,16?,21?,22?/m0/s1. The highest BCUT2D eigenvalue weighted by molar-refractivity contribution is 5.96. The highest BCUT2D eigenvalue weighted by atomic mass is 19.4. The second-order valence-electron chi connectivity index (χ2n) is 9.58. The van der Waals surface area contributed by atoms with Gasteiger partial charge in [0, 0.05) is 17.4 Å². The Kier molecular flexibility index (Phi) is 6.31. The van der Waals surface area contributed by atoms with Gasteiger partial charge in [0.25, 0.3) is 0 Å². The van der Waals surface area contributed by atoms with Crippen LogP contribution in [-0.2, 0) is 15.8 Å². The van der Waals surface area contributed by atoms with Gasteiger partial charge < -0.3 is 15.5 Å². The number of fused-ring (bicyclic) bond motifs is 3. The summed E-state index contributed by atoms with van der Waals surface area (Å²) in [6.45, 7) is -0.146. The summed E-state index contributed by atoms with van der Waals surface area (Å²) in [5.41, 5.74) is -2.91. The lowest BCUT2D eigenvalue weighted by molar-refractivity contribution is -0.138. The van der Waals surface area contributed by atoms with Gasteiger partial charge in [-0.3, -0.25) is 9.59 Å². The van der Waals surface area contributed by atoms with E-state index in [0.29, 0.717) is 44.6 Å². The van der Waals surface area contributed by atoms with Crippen LogP contribution in [0.2, 0.25) is 0 Å². The fourth-order valence-electron chi connectivity index (χ4n) is 5.45. The summed E-state index contributed by atoms with van der Waals surface area (Å²) in [5, 5.41) is 14.8. The number of amides is 2. The molecule has 4 aliphatic rings. The summed E-state index contributed by atoms with van der Waals surface area (Å²) < 4.78 is 66.9. The minimum atomic E-state index is -4.81. The number of carbonyl (C=O) groups excluding carboxylic acids is 2. The van der Waals surface area contributed by atoms with Crippen LogP contribution >= 0.6 is 0 Å². The minimum absolute atomic E-state index is 0.00905. The van der Waals surface area contributed by atoms with Crippen molar-refractivity contribution < 1.29 is 31.5 Å². The summed E-state index contributed by atoms with van der Waals surface area (Å²) in [6, 6.07) is 3.34. The Bertz CT molecular complexity index is 997. The second-order valence-corrected chi connectivity index (χ2v) is 9.58. The number of halogens is 5. The molecule has 1 aromatic carbocycles. The molecular weight excluding hydrogens is 459 g/mol. The maximum atomic E-state index is 13.6. The third kappa shape index (κ3) is 4.60. The molecule has 1 heterocycles. The van der Waals surface area contributed by atoms with Gasteiger partial charge >= 0.3 is 6.18 Å². The number of likely N-dealkylation sites (tertiary alicyclic amines) is 1. The molecule has 1 saturated heterocycles. The van der Waals surface area contributed by atoms with Crippen molar-refractivity contribution >= 4 is 17.5 Å². The molecule has 6 nitrogen and oxygen atoms in total. The van der Waals surface area contributed by atoms with E-state index in [2.05, 4.69) is 10.6 Å². The number of nitrogens with one attached hydrogen (secondary N) is 2. The predicted molar refractivity (Wildman–Crippen MR) is 112 cm³/mol. The van der Waals surface area contributed by atoms with E-state index in [4.69, 9.17) is 5.26 Å². The number of rotatable bonds is 5. The normalized spacial score (nSPS) is 30.8. The van der Waals surface area contributed by atoms with E-state index in [0.717, 1.165) is 12.1 Å². The van der Waals surface area contributed by atoms with Crippen LogP contribution in [0.3, 0.4) is 0 Å². The SMILES string of the molecule is N#CC1C[C@H](F)CN1C(=O)CNC12CCC(C(=O)Nc3ccc(F)cc3C(F)(F)F)(CC1)CC2. The quantitative estimate of drug-likeness (QED) is 0.621. The number of anilines is 1. The number of hydrogen-bond donors (Lipinski definition) is 2. The van der Waals surface area contributed by atoms with Gasteiger partial charge in [0.15, 0.2) is 0 Å². The van der Waals surface area contributed by atoms with Crippen molar-refractivity contribution in [3.8, 4) is 6.07 Å². The van der Waals surface area contributed by atoms with Crippen LogP contribution in [0, 0.1) is 22.6 Å². The Morgan fingerprint density at radius 2 is 1.79 bits per heavy atom. The summed E-state index contributed by atoms with van der Waals surface area (Å²) in [4.78, 5) is 26.8. The van der Waals surface area contributed by atoms with Crippen LogP contribution < -0.4 is 10.6 Å². The average Bonchev–Trinajstić information content (AvgIpc) is 3.20. The van der Waals surface area contributed by atoms with Gasteiger partial charge in [0.2, 0.25) is 11.8 Å². The van der Waals surface area contributed by atoms with Crippen LogP contribution in [0.4, 0.5) is 27.6 Å². The van der Waals surface area contributed by atoms with Crippen molar-refractivity contribution in [2.24, 2.45) is 5.41 Å². The summed E-state index contributed by atoms with van der Waals surface area (Å²) >= 11 is 0. The number of benzene rings is 1. The molecule has 0 aromatic heterocycles. The minimum Gasteiger partial charge on any atom is -0.325 e. The largest absolute Gasteiger partial charge is 0.418 e. The van der Waals surface area contributed by atoms with Gasteiger partial charge in [-0.15, -0.1) is 0 Å². The van der Waals surface area contributed by atoms with Crippen LogP contribution in [-0.4, -0.2) is 47.6 Å². The molecule has 2 amide bonds. The number of hydrogen-bond acceptors (Lipinski definition) is 4. The van der Waals surface area contributed by atoms with Crippen molar-refractivity contribution in [1.82, 2.24) is 10.2 Å².